The van der Waals surface area contributed by atoms with E-state index < -0.39 is 5.91 Å². The van der Waals surface area contributed by atoms with Gasteiger partial charge in [-0.3, -0.25) is 4.79 Å². The summed E-state index contributed by atoms with van der Waals surface area (Å²) in [6.07, 6.45) is 4.22. The molecular weight excluding hydrogens is 242 g/mol. The third-order valence-electron chi connectivity index (χ3n) is 2.72. The SMILES string of the molecule is Cc1cc(CC(C)N)cnc1-n1ccc(C(N)=O)n1. The fraction of sp³-hybridized carbons (Fsp3) is 0.308. The molecule has 2 rings (SSSR count). The van der Waals surface area contributed by atoms with Gasteiger partial charge in [-0.25, -0.2) is 9.67 Å². The number of carbonyl (C=O) groups excluding carboxylic acids is 1. The highest BCUT2D eigenvalue weighted by Gasteiger charge is 2.09. The van der Waals surface area contributed by atoms with Crippen molar-refractivity contribution in [3.63, 3.8) is 0 Å². The number of nitrogens with two attached hydrogens (primary N) is 2. The Labute approximate surface area is 111 Å². The summed E-state index contributed by atoms with van der Waals surface area (Å²) in [6.45, 7) is 3.90. The highest BCUT2D eigenvalue weighted by Crippen LogP contribution is 2.13. The molecule has 100 valence electrons. The van der Waals surface area contributed by atoms with Crippen molar-refractivity contribution in [2.75, 3.05) is 0 Å². The first-order valence-corrected chi connectivity index (χ1v) is 6.04. The van der Waals surface area contributed by atoms with Crippen LogP contribution >= 0.6 is 0 Å². The van der Waals surface area contributed by atoms with Gasteiger partial charge >= 0.3 is 0 Å². The van der Waals surface area contributed by atoms with Gasteiger partial charge < -0.3 is 11.5 Å². The van der Waals surface area contributed by atoms with Crippen molar-refractivity contribution in [3.05, 3.63) is 41.3 Å². The molecule has 0 aromatic carbocycles. The van der Waals surface area contributed by atoms with Crippen molar-refractivity contribution in [1.29, 1.82) is 0 Å². The lowest BCUT2D eigenvalue weighted by atomic mass is 10.1. The summed E-state index contributed by atoms with van der Waals surface area (Å²) in [5.41, 5.74) is 13.2. The lowest BCUT2D eigenvalue weighted by molar-refractivity contribution is 0.0995. The fourth-order valence-corrected chi connectivity index (χ4v) is 1.92. The Balaban J connectivity index is 2.32. The number of amides is 1. The Kier molecular flexibility index (Phi) is 3.62. The lowest BCUT2D eigenvalue weighted by Crippen LogP contribution is -2.18. The summed E-state index contributed by atoms with van der Waals surface area (Å²) in [6, 6.07) is 3.69. The van der Waals surface area contributed by atoms with Crippen LogP contribution in [0, 0.1) is 6.92 Å². The number of hydrogen-bond acceptors (Lipinski definition) is 4. The van der Waals surface area contributed by atoms with Crippen LogP contribution in [-0.2, 0) is 6.42 Å². The highest BCUT2D eigenvalue weighted by molar-refractivity contribution is 5.90. The maximum atomic E-state index is 11.0. The van der Waals surface area contributed by atoms with Crippen molar-refractivity contribution in [2.24, 2.45) is 11.5 Å². The van der Waals surface area contributed by atoms with Crippen LogP contribution < -0.4 is 11.5 Å². The smallest absolute Gasteiger partial charge is 0.269 e. The third-order valence-corrected chi connectivity index (χ3v) is 2.72. The fourth-order valence-electron chi connectivity index (χ4n) is 1.92. The van der Waals surface area contributed by atoms with Gasteiger partial charge in [0.05, 0.1) is 0 Å². The van der Waals surface area contributed by atoms with Crippen LogP contribution in [0.5, 0.6) is 0 Å². The predicted octanol–water partition coefficient (Wildman–Crippen LogP) is 0.564. The average Bonchev–Trinajstić information content (AvgIpc) is 2.77. The first kappa shape index (κ1) is 13.2. The van der Waals surface area contributed by atoms with Crippen molar-refractivity contribution in [2.45, 2.75) is 26.3 Å². The van der Waals surface area contributed by atoms with Crippen molar-refractivity contribution >= 4 is 5.91 Å². The molecule has 2 aromatic heterocycles. The molecule has 0 aliphatic heterocycles. The number of aryl methyl sites for hydroxylation is 1. The molecule has 0 bridgehead atoms. The summed E-state index contributed by atoms with van der Waals surface area (Å²) in [7, 11) is 0. The molecule has 1 unspecified atom stereocenters. The minimum Gasteiger partial charge on any atom is -0.364 e. The number of pyridine rings is 1. The number of hydrogen-bond donors (Lipinski definition) is 2. The van der Waals surface area contributed by atoms with Gasteiger partial charge in [0.15, 0.2) is 5.82 Å². The molecule has 0 saturated heterocycles. The van der Waals surface area contributed by atoms with Gasteiger partial charge in [0, 0.05) is 18.4 Å². The molecule has 2 aromatic rings. The van der Waals surface area contributed by atoms with Crippen LogP contribution in [0.2, 0.25) is 0 Å². The van der Waals surface area contributed by atoms with E-state index in [0.717, 1.165) is 17.5 Å². The Morgan fingerprint density at radius 1 is 1.53 bits per heavy atom. The molecule has 6 heteroatoms. The van der Waals surface area contributed by atoms with Crippen molar-refractivity contribution in [3.8, 4) is 5.82 Å². The molecule has 0 aliphatic rings. The first-order chi connectivity index (χ1) is 8.97. The summed E-state index contributed by atoms with van der Waals surface area (Å²) < 4.78 is 1.55. The maximum Gasteiger partial charge on any atom is 0.269 e. The minimum absolute atomic E-state index is 0.0956. The van der Waals surface area contributed by atoms with Crippen LogP contribution in [0.15, 0.2) is 24.5 Å². The van der Waals surface area contributed by atoms with Crippen molar-refractivity contribution in [1.82, 2.24) is 14.8 Å². The Hall–Kier alpha value is -2.21. The minimum atomic E-state index is -0.551. The maximum absolute atomic E-state index is 11.0. The van der Waals surface area contributed by atoms with Crippen LogP contribution in [0.3, 0.4) is 0 Å². The zero-order chi connectivity index (χ0) is 14.0. The number of rotatable bonds is 4. The number of carbonyl (C=O) groups is 1. The van der Waals surface area contributed by atoms with Crippen molar-refractivity contribution < 1.29 is 4.79 Å². The van der Waals surface area contributed by atoms with Gasteiger partial charge in [-0.15, -0.1) is 0 Å². The molecule has 4 N–H and O–H groups in total. The zero-order valence-corrected chi connectivity index (χ0v) is 11.0. The van der Waals surface area contributed by atoms with E-state index in [-0.39, 0.29) is 11.7 Å². The first-order valence-electron chi connectivity index (χ1n) is 6.04. The molecular formula is C13H17N5O. The largest absolute Gasteiger partial charge is 0.364 e. The molecule has 19 heavy (non-hydrogen) atoms. The van der Waals surface area contributed by atoms with E-state index in [1.165, 1.54) is 0 Å². The molecule has 0 spiro atoms. The monoisotopic (exact) mass is 259 g/mol. The third kappa shape index (κ3) is 2.97. The van der Waals surface area contributed by atoms with Gasteiger partial charge in [0.25, 0.3) is 5.91 Å². The van der Waals surface area contributed by atoms with Crippen LogP contribution in [0.4, 0.5) is 0 Å². The number of primary amides is 1. The highest BCUT2D eigenvalue weighted by atomic mass is 16.1. The van der Waals surface area contributed by atoms with E-state index in [0.29, 0.717) is 5.82 Å². The van der Waals surface area contributed by atoms with Gasteiger partial charge in [-0.05, 0) is 37.5 Å². The standard InChI is InChI=1S/C13H17N5O/c1-8-5-10(6-9(2)14)7-16-13(8)18-4-3-11(17-18)12(15)19/h3-5,7,9H,6,14H2,1-2H3,(H2,15,19). The Morgan fingerprint density at radius 3 is 2.79 bits per heavy atom. The van der Waals surface area contributed by atoms with E-state index in [1.807, 2.05) is 19.9 Å². The van der Waals surface area contributed by atoms with E-state index in [9.17, 15) is 4.79 Å². The average molecular weight is 259 g/mol. The molecule has 0 aliphatic carbocycles. The van der Waals surface area contributed by atoms with Crippen LogP contribution in [-0.4, -0.2) is 26.7 Å². The van der Waals surface area contributed by atoms with Gasteiger partial charge in [-0.2, -0.15) is 5.10 Å². The molecule has 6 nitrogen and oxygen atoms in total. The molecule has 0 fully saturated rings. The van der Waals surface area contributed by atoms with E-state index in [4.69, 9.17) is 11.5 Å². The van der Waals surface area contributed by atoms with Gasteiger partial charge in [0.1, 0.15) is 5.69 Å². The Morgan fingerprint density at radius 2 is 2.26 bits per heavy atom. The van der Waals surface area contributed by atoms with E-state index >= 15 is 0 Å². The molecule has 1 amide bonds. The lowest BCUT2D eigenvalue weighted by Gasteiger charge is -2.09. The van der Waals surface area contributed by atoms with Gasteiger partial charge in [-0.1, -0.05) is 6.07 Å². The Bertz CT molecular complexity index is 603. The predicted molar refractivity (Wildman–Crippen MR) is 72.0 cm³/mol. The van der Waals surface area contributed by atoms with E-state index in [1.54, 1.807) is 23.1 Å². The number of aromatic nitrogens is 3. The second-order valence-electron chi connectivity index (χ2n) is 4.68. The summed E-state index contributed by atoms with van der Waals surface area (Å²) in [5.74, 6) is 0.130. The summed E-state index contributed by atoms with van der Waals surface area (Å²) in [5, 5.41) is 4.09. The zero-order valence-electron chi connectivity index (χ0n) is 11.0. The second-order valence-corrected chi connectivity index (χ2v) is 4.68. The number of nitrogens with zero attached hydrogens (tertiary/aromatic N) is 3. The summed E-state index contributed by atoms with van der Waals surface area (Å²) in [4.78, 5) is 15.4. The normalized spacial score (nSPS) is 12.4. The molecule has 1 atom stereocenters. The summed E-state index contributed by atoms with van der Waals surface area (Å²) >= 11 is 0. The topological polar surface area (TPSA) is 99.8 Å². The van der Waals surface area contributed by atoms with Gasteiger partial charge in [0.2, 0.25) is 0 Å². The van der Waals surface area contributed by atoms with Crippen LogP contribution in [0.1, 0.15) is 28.5 Å². The van der Waals surface area contributed by atoms with Crippen LogP contribution in [0.25, 0.3) is 5.82 Å². The quantitative estimate of drug-likeness (QED) is 0.838. The molecule has 0 saturated carbocycles. The molecule has 2 heterocycles. The second kappa shape index (κ2) is 5.19. The van der Waals surface area contributed by atoms with E-state index in [2.05, 4.69) is 10.1 Å². The molecule has 0 radical (unpaired) electrons.